The molecule has 0 unspecified atom stereocenters. The number of sulfonamides is 1. The first-order valence-corrected chi connectivity index (χ1v) is 8.27. The second kappa shape index (κ2) is 7.08. The normalized spacial score (nSPS) is 11.5. The number of phenols is 1. The van der Waals surface area contributed by atoms with Crippen molar-refractivity contribution in [2.75, 3.05) is 0 Å². The zero-order valence-electron chi connectivity index (χ0n) is 12.4. The molecule has 3 N–H and O–H groups in total. The Bertz CT molecular complexity index is 827. The van der Waals surface area contributed by atoms with Crippen LogP contribution in [0.1, 0.15) is 21.5 Å². The van der Waals surface area contributed by atoms with Gasteiger partial charge in [0.25, 0.3) is 15.9 Å². The van der Waals surface area contributed by atoms with Gasteiger partial charge in [-0.3, -0.25) is 10.2 Å². The highest BCUT2D eigenvalue weighted by atomic mass is 32.2. The van der Waals surface area contributed by atoms with Crippen LogP contribution in [0, 0.1) is 6.92 Å². The van der Waals surface area contributed by atoms with E-state index in [0.717, 1.165) is 11.0 Å². The number of hydrogen-bond acceptors (Lipinski definition) is 4. The summed E-state index contributed by atoms with van der Waals surface area (Å²) in [5.74, 6) is -0.991. The molecule has 0 saturated heterocycles. The number of nitrogens with one attached hydrogen (secondary N) is 2. The molecule has 0 aromatic heterocycles. The standard InChI is InChI=1S/C16H16N2O4S/c1-12-6-8-13(9-7-12)10-11-23(21,22)18-17-16(20)14-4-2-3-5-15(14)19/h2-11,18-19H,1H3,(H,17,20)/b11-10+. The van der Waals surface area contributed by atoms with Crippen LogP contribution >= 0.6 is 0 Å². The Morgan fingerprint density at radius 1 is 1.09 bits per heavy atom. The van der Waals surface area contributed by atoms with Gasteiger partial charge in [0.05, 0.1) is 5.56 Å². The van der Waals surface area contributed by atoms with E-state index >= 15 is 0 Å². The minimum atomic E-state index is -3.85. The van der Waals surface area contributed by atoms with Crippen LogP contribution in [0.4, 0.5) is 0 Å². The van der Waals surface area contributed by atoms with Crippen LogP contribution in [0.15, 0.2) is 53.9 Å². The lowest BCUT2D eigenvalue weighted by Gasteiger charge is -2.06. The van der Waals surface area contributed by atoms with Gasteiger partial charge in [0.15, 0.2) is 0 Å². The van der Waals surface area contributed by atoms with Crippen LogP contribution in [0.25, 0.3) is 6.08 Å². The maximum atomic E-state index is 11.8. The average Bonchev–Trinajstić information content (AvgIpc) is 2.53. The van der Waals surface area contributed by atoms with Crippen molar-refractivity contribution >= 4 is 22.0 Å². The summed E-state index contributed by atoms with van der Waals surface area (Å²) in [7, 11) is -3.85. The third kappa shape index (κ3) is 4.94. The van der Waals surface area contributed by atoms with Gasteiger partial charge < -0.3 is 5.11 Å². The van der Waals surface area contributed by atoms with Crippen LogP contribution in [-0.4, -0.2) is 19.4 Å². The van der Waals surface area contributed by atoms with Gasteiger partial charge in [-0.25, -0.2) is 8.42 Å². The minimum absolute atomic E-state index is 0.0299. The van der Waals surface area contributed by atoms with Gasteiger partial charge in [-0.1, -0.05) is 42.0 Å². The molecule has 2 rings (SSSR count). The number of hydrazine groups is 1. The molecule has 1 amide bonds. The molecule has 0 bridgehead atoms. The molecule has 0 saturated carbocycles. The average molecular weight is 332 g/mol. The smallest absolute Gasteiger partial charge is 0.269 e. The maximum absolute atomic E-state index is 11.8. The molecule has 7 heteroatoms. The largest absolute Gasteiger partial charge is 0.507 e. The van der Waals surface area contributed by atoms with E-state index in [2.05, 4.69) is 0 Å². The molecule has 120 valence electrons. The third-order valence-corrected chi connectivity index (χ3v) is 3.85. The zero-order chi connectivity index (χ0) is 16.9. The van der Waals surface area contributed by atoms with E-state index in [1.165, 1.54) is 18.2 Å². The Kier molecular flexibility index (Phi) is 5.15. The van der Waals surface area contributed by atoms with E-state index in [1.54, 1.807) is 24.3 Å². The summed E-state index contributed by atoms with van der Waals surface area (Å²) in [5, 5.41) is 10.5. The molecule has 0 aliphatic rings. The van der Waals surface area contributed by atoms with Crippen molar-refractivity contribution in [3.63, 3.8) is 0 Å². The predicted molar refractivity (Wildman–Crippen MR) is 87.8 cm³/mol. The van der Waals surface area contributed by atoms with Crippen molar-refractivity contribution in [3.05, 3.63) is 70.6 Å². The molecule has 0 fully saturated rings. The van der Waals surface area contributed by atoms with Gasteiger partial charge in [0, 0.05) is 5.41 Å². The van der Waals surface area contributed by atoms with E-state index in [4.69, 9.17) is 0 Å². The van der Waals surface area contributed by atoms with Gasteiger partial charge in [-0.2, -0.15) is 0 Å². The first kappa shape index (κ1) is 16.7. The second-order valence-electron chi connectivity index (χ2n) is 4.83. The molecule has 0 radical (unpaired) electrons. The Morgan fingerprint density at radius 2 is 1.74 bits per heavy atom. The minimum Gasteiger partial charge on any atom is -0.507 e. The van der Waals surface area contributed by atoms with E-state index in [9.17, 15) is 18.3 Å². The topological polar surface area (TPSA) is 95.5 Å². The molecule has 0 spiro atoms. The molecular weight excluding hydrogens is 316 g/mol. The lowest BCUT2D eigenvalue weighted by Crippen LogP contribution is -2.40. The molecule has 23 heavy (non-hydrogen) atoms. The number of hydrogen-bond donors (Lipinski definition) is 3. The third-order valence-electron chi connectivity index (χ3n) is 2.97. The lowest BCUT2D eigenvalue weighted by molar-refractivity contribution is 0.0942. The zero-order valence-corrected chi connectivity index (χ0v) is 13.2. The number of para-hydroxylation sites is 1. The number of carbonyl (C=O) groups excluding carboxylic acids is 1. The summed E-state index contributed by atoms with van der Waals surface area (Å²) in [6.07, 6.45) is 1.41. The number of carbonyl (C=O) groups is 1. The quantitative estimate of drug-likeness (QED) is 0.729. The number of amides is 1. The van der Waals surface area contributed by atoms with Crippen LogP contribution in [0.2, 0.25) is 0 Å². The molecule has 0 aliphatic heterocycles. The number of benzene rings is 2. The molecule has 0 atom stereocenters. The first-order valence-electron chi connectivity index (χ1n) is 6.72. The Hall–Kier alpha value is -2.64. The first-order chi connectivity index (χ1) is 10.9. The van der Waals surface area contributed by atoms with Crippen molar-refractivity contribution in [1.82, 2.24) is 10.3 Å². The fourth-order valence-corrected chi connectivity index (χ4v) is 2.37. The summed E-state index contributed by atoms with van der Waals surface area (Å²) in [6, 6.07) is 13.1. The van der Waals surface area contributed by atoms with Crippen LogP contribution < -0.4 is 10.3 Å². The number of rotatable bonds is 5. The second-order valence-corrected chi connectivity index (χ2v) is 6.40. The Labute approximate surface area is 134 Å². The summed E-state index contributed by atoms with van der Waals surface area (Å²) >= 11 is 0. The fraction of sp³-hybridized carbons (Fsp3) is 0.0625. The summed E-state index contributed by atoms with van der Waals surface area (Å²) in [6.45, 7) is 1.93. The Balaban J connectivity index is 2.00. The molecular formula is C16H16N2O4S. The molecule has 0 heterocycles. The molecule has 0 aliphatic carbocycles. The highest BCUT2D eigenvalue weighted by molar-refractivity contribution is 7.92. The maximum Gasteiger partial charge on any atom is 0.269 e. The number of aromatic hydroxyl groups is 1. The van der Waals surface area contributed by atoms with Crippen molar-refractivity contribution in [2.45, 2.75) is 6.92 Å². The lowest BCUT2D eigenvalue weighted by atomic mass is 10.2. The fourth-order valence-electron chi connectivity index (χ4n) is 1.73. The van der Waals surface area contributed by atoms with E-state index in [1.807, 2.05) is 29.3 Å². The summed E-state index contributed by atoms with van der Waals surface area (Å²) in [4.78, 5) is 13.7. The van der Waals surface area contributed by atoms with Crippen LogP contribution in [-0.2, 0) is 10.0 Å². The van der Waals surface area contributed by atoms with E-state index in [-0.39, 0.29) is 11.3 Å². The predicted octanol–water partition coefficient (Wildman–Crippen LogP) is 1.94. The van der Waals surface area contributed by atoms with E-state index < -0.39 is 15.9 Å². The van der Waals surface area contributed by atoms with Crippen LogP contribution in [0.3, 0.4) is 0 Å². The van der Waals surface area contributed by atoms with Gasteiger partial charge in [-0.15, -0.1) is 4.83 Å². The highest BCUT2D eigenvalue weighted by Crippen LogP contribution is 2.14. The van der Waals surface area contributed by atoms with E-state index in [0.29, 0.717) is 5.56 Å². The molecule has 2 aromatic carbocycles. The van der Waals surface area contributed by atoms with Gasteiger partial charge in [-0.05, 0) is 30.7 Å². The monoisotopic (exact) mass is 332 g/mol. The SMILES string of the molecule is Cc1ccc(/C=C/S(=O)(=O)NNC(=O)c2ccccc2O)cc1. The van der Waals surface area contributed by atoms with Crippen molar-refractivity contribution in [2.24, 2.45) is 0 Å². The number of phenolic OH excluding ortho intramolecular Hbond substituents is 1. The van der Waals surface area contributed by atoms with Crippen LogP contribution in [0.5, 0.6) is 5.75 Å². The van der Waals surface area contributed by atoms with Gasteiger partial charge in [0.1, 0.15) is 5.75 Å². The van der Waals surface area contributed by atoms with Crippen molar-refractivity contribution in [1.29, 1.82) is 0 Å². The van der Waals surface area contributed by atoms with Crippen molar-refractivity contribution in [3.8, 4) is 5.75 Å². The number of aryl methyl sites for hydroxylation is 1. The van der Waals surface area contributed by atoms with Gasteiger partial charge >= 0.3 is 0 Å². The summed E-state index contributed by atoms with van der Waals surface area (Å²) in [5.41, 5.74) is 3.79. The van der Waals surface area contributed by atoms with Crippen molar-refractivity contribution < 1.29 is 18.3 Å². The van der Waals surface area contributed by atoms with Gasteiger partial charge in [0.2, 0.25) is 0 Å². The molecule has 6 nitrogen and oxygen atoms in total. The molecule has 2 aromatic rings. The highest BCUT2D eigenvalue weighted by Gasteiger charge is 2.12. The Morgan fingerprint density at radius 3 is 2.39 bits per heavy atom. The summed E-state index contributed by atoms with van der Waals surface area (Å²) < 4.78 is 23.6.